The van der Waals surface area contributed by atoms with Crippen LogP contribution >= 0.6 is 0 Å². The number of esters is 1. The third kappa shape index (κ3) is 8.59. The van der Waals surface area contributed by atoms with Crippen molar-refractivity contribution in [2.75, 3.05) is 78.9 Å². The molecule has 2 saturated heterocycles. The summed E-state index contributed by atoms with van der Waals surface area (Å²) in [6, 6.07) is 17.9. The van der Waals surface area contributed by atoms with Gasteiger partial charge in [0, 0.05) is 52.0 Å². The van der Waals surface area contributed by atoms with Crippen molar-refractivity contribution in [3.63, 3.8) is 0 Å². The van der Waals surface area contributed by atoms with Crippen LogP contribution in [-0.2, 0) is 27.4 Å². The van der Waals surface area contributed by atoms with Gasteiger partial charge in [0.05, 0.1) is 44.5 Å². The fourth-order valence-electron chi connectivity index (χ4n) is 5.70. The zero-order valence-electron chi connectivity index (χ0n) is 27.4. The third-order valence-corrected chi connectivity index (χ3v) is 8.47. The molecule has 0 bridgehead atoms. The molecule has 49 heavy (non-hydrogen) atoms. The summed E-state index contributed by atoms with van der Waals surface area (Å²) in [6.07, 6.45) is 4.73. The fraction of sp³-hybridized carbons (Fsp3) is 0.400. The molecule has 0 radical (unpaired) electrons. The summed E-state index contributed by atoms with van der Waals surface area (Å²) >= 11 is 0. The maximum Gasteiger partial charge on any atom is 0.341 e. The van der Waals surface area contributed by atoms with Gasteiger partial charge in [-0.2, -0.15) is 15.1 Å². The molecule has 2 fully saturated rings. The molecular weight excluding hydrogens is 628 g/mol. The molecule has 2 aliphatic rings. The first-order valence-corrected chi connectivity index (χ1v) is 16.6. The minimum absolute atomic E-state index is 0.228. The molecule has 0 aliphatic carbocycles. The monoisotopic (exact) mass is 668 g/mol. The van der Waals surface area contributed by atoms with Gasteiger partial charge in [0.25, 0.3) is 5.95 Å². The molecule has 5 aromatic rings. The Hall–Kier alpha value is -4.89. The summed E-state index contributed by atoms with van der Waals surface area (Å²) in [7, 11) is 0. The highest BCUT2D eigenvalue weighted by atomic mass is 16.5. The second-order valence-electron chi connectivity index (χ2n) is 11.9. The van der Waals surface area contributed by atoms with E-state index in [-0.39, 0.29) is 12.6 Å². The van der Waals surface area contributed by atoms with Crippen LogP contribution in [0, 0.1) is 0 Å². The first kappa shape index (κ1) is 32.6. The van der Waals surface area contributed by atoms with Crippen LogP contribution in [0.3, 0.4) is 0 Å². The lowest BCUT2D eigenvalue weighted by atomic mass is 10.2. The third-order valence-electron chi connectivity index (χ3n) is 8.47. The number of hydrogen-bond acceptors (Lipinski definition) is 12. The molecule has 5 heterocycles. The highest BCUT2D eigenvalue weighted by Gasteiger charge is 2.19. The number of rotatable bonds is 14. The van der Waals surface area contributed by atoms with E-state index in [1.807, 2.05) is 59.2 Å². The van der Waals surface area contributed by atoms with Gasteiger partial charge in [0.2, 0.25) is 5.88 Å². The molecule has 14 nitrogen and oxygen atoms in total. The summed E-state index contributed by atoms with van der Waals surface area (Å²) in [5.74, 6) is 0.951. The highest BCUT2D eigenvalue weighted by molar-refractivity contribution is 5.88. The molecular formula is C35H40N8O6. The summed E-state index contributed by atoms with van der Waals surface area (Å²) in [6.45, 7) is 9.75. The van der Waals surface area contributed by atoms with Gasteiger partial charge in [-0.3, -0.25) is 9.80 Å². The first-order valence-electron chi connectivity index (χ1n) is 16.6. The van der Waals surface area contributed by atoms with Crippen LogP contribution in [0.4, 0.5) is 0 Å². The second-order valence-corrected chi connectivity index (χ2v) is 11.9. The number of fused-ring (bicyclic) bond motifs is 1. The number of benzene rings is 2. The largest absolute Gasteiger partial charge is 0.492 e. The van der Waals surface area contributed by atoms with E-state index in [1.54, 1.807) is 12.5 Å². The van der Waals surface area contributed by atoms with Crippen LogP contribution in [0.2, 0.25) is 0 Å². The molecule has 7 rings (SSSR count). The molecule has 0 N–H and O–H groups in total. The van der Waals surface area contributed by atoms with Crippen LogP contribution in [0.5, 0.6) is 11.6 Å². The summed E-state index contributed by atoms with van der Waals surface area (Å²) in [4.78, 5) is 31.3. The fourth-order valence-corrected chi connectivity index (χ4v) is 5.70. The van der Waals surface area contributed by atoms with Crippen molar-refractivity contribution >= 4 is 17.1 Å². The van der Waals surface area contributed by atoms with Crippen molar-refractivity contribution in [3.05, 3.63) is 90.0 Å². The van der Waals surface area contributed by atoms with E-state index in [9.17, 15) is 4.79 Å². The topological polar surface area (TPSA) is 131 Å². The molecule has 2 aromatic carbocycles. The van der Waals surface area contributed by atoms with Crippen molar-refractivity contribution < 1.29 is 28.5 Å². The molecule has 2 aliphatic heterocycles. The van der Waals surface area contributed by atoms with Crippen molar-refractivity contribution in [1.29, 1.82) is 0 Å². The first-order chi connectivity index (χ1) is 24.2. The molecule has 256 valence electrons. The summed E-state index contributed by atoms with van der Waals surface area (Å²) in [5, 5.41) is 4.36. The van der Waals surface area contributed by atoms with Gasteiger partial charge in [-0.15, -0.1) is 0 Å². The zero-order valence-corrected chi connectivity index (χ0v) is 27.4. The van der Waals surface area contributed by atoms with Gasteiger partial charge in [0.1, 0.15) is 25.6 Å². The number of hydrogen-bond donors (Lipinski definition) is 0. The Morgan fingerprint density at radius 1 is 0.796 bits per heavy atom. The van der Waals surface area contributed by atoms with E-state index < -0.39 is 5.97 Å². The predicted octanol–water partition coefficient (Wildman–Crippen LogP) is 2.84. The normalized spacial score (nSPS) is 15.8. The van der Waals surface area contributed by atoms with Crippen LogP contribution < -0.4 is 9.47 Å². The van der Waals surface area contributed by atoms with Gasteiger partial charge in [-0.25, -0.2) is 14.5 Å². The lowest BCUT2D eigenvalue weighted by Gasteiger charge is -2.26. The Morgan fingerprint density at radius 2 is 1.51 bits per heavy atom. The smallest absolute Gasteiger partial charge is 0.341 e. The second kappa shape index (κ2) is 16.0. The highest BCUT2D eigenvalue weighted by Crippen LogP contribution is 2.26. The van der Waals surface area contributed by atoms with E-state index in [0.717, 1.165) is 62.8 Å². The summed E-state index contributed by atoms with van der Waals surface area (Å²) in [5.41, 5.74) is 3.45. The molecule has 0 saturated carbocycles. The van der Waals surface area contributed by atoms with E-state index >= 15 is 0 Å². The van der Waals surface area contributed by atoms with Crippen molar-refractivity contribution in [2.45, 2.75) is 13.2 Å². The van der Waals surface area contributed by atoms with Crippen LogP contribution in [0.25, 0.3) is 17.1 Å². The lowest BCUT2D eigenvalue weighted by molar-refractivity contribution is 0.0195. The molecule has 0 amide bonds. The molecule has 0 atom stereocenters. The number of carbonyl (C=O) groups excluding carboxylic acids is 1. The van der Waals surface area contributed by atoms with Gasteiger partial charge in [0.15, 0.2) is 11.2 Å². The predicted molar refractivity (Wildman–Crippen MR) is 179 cm³/mol. The SMILES string of the molecule is O=C(OCCN1CCOCC1)c1cnn(-c2nc(OCc3ccccc3)c3c(ncn3Cc3ccc(OCCN4CCOCC4)cc3)n2)c1. The Balaban J connectivity index is 1.05. The molecule has 3 aromatic heterocycles. The minimum atomic E-state index is -0.459. The van der Waals surface area contributed by atoms with E-state index in [0.29, 0.717) is 62.1 Å². The Morgan fingerprint density at radius 3 is 2.24 bits per heavy atom. The average Bonchev–Trinajstić information content (AvgIpc) is 3.81. The van der Waals surface area contributed by atoms with E-state index in [2.05, 4.69) is 24.9 Å². The lowest BCUT2D eigenvalue weighted by Crippen LogP contribution is -2.38. The number of morpholine rings is 2. The minimum Gasteiger partial charge on any atom is -0.492 e. The number of ether oxygens (including phenoxy) is 5. The standard InChI is InChI=1S/C35H40N8O6/c44-34(48-21-15-41-12-18-46-19-13-41)29-22-37-43(24-29)35-38-32-31(33(39-35)49-25-28-4-2-1-3-5-28)42(26-36-32)23-27-6-8-30(9-7-27)47-20-14-40-10-16-45-17-11-40/h1-9,22,24,26H,10-21,23,25H2. The van der Waals surface area contributed by atoms with Crippen LogP contribution in [0.1, 0.15) is 21.5 Å². The van der Waals surface area contributed by atoms with Gasteiger partial charge < -0.3 is 28.3 Å². The number of nitrogens with zero attached hydrogens (tertiary/aromatic N) is 8. The van der Waals surface area contributed by atoms with Crippen molar-refractivity contribution in [2.24, 2.45) is 0 Å². The summed E-state index contributed by atoms with van der Waals surface area (Å²) < 4.78 is 32.0. The van der Waals surface area contributed by atoms with Gasteiger partial charge >= 0.3 is 5.97 Å². The van der Waals surface area contributed by atoms with Crippen molar-refractivity contribution in [3.8, 4) is 17.6 Å². The van der Waals surface area contributed by atoms with Gasteiger partial charge in [-0.05, 0) is 23.3 Å². The van der Waals surface area contributed by atoms with Crippen molar-refractivity contribution in [1.82, 2.24) is 39.1 Å². The Labute approximate surface area is 284 Å². The quantitative estimate of drug-likeness (QED) is 0.161. The maximum absolute atomic E-state index is 12.8. The number of carbonyl (C=O) groups is 1. The van der Waals surface area contributed by atoms with E-state index in [4.69, 9.17) is 28.7 Å². The number of aromatic nitrogens is 6. The Kier molecular flexibility index (Phi) is 10.7. The number of imidazole rings is 1. The average molecular weight is 669 g/mol. The molecule has 0 spiro atoms. The maximum atomic E-state index is 12.8. The van der Waals surface area contributed by atoms with Crippen LogP contribution in [0.15, 0.2) is 73.3 Å². The van der Waals surface area contributed by atoms with E-state index in [1.165, 1.54) is 10.9 Å². The molecule has 0 unspecified atom stereocenters. The van der Waals surface area contributed by atoms with Gasteiger partial charge in [-0.1, -0.05) is 42.5 Å². The Bertz CT molecular complexity index is 1800. The van der Waals surface area contributed by atoms with Crippen LogP contribution in [-0.4, -0.2) is 124 Å². The zero-order chi connectivity index (χ0) is 33.3. The molecule has 14 heteroatoms.